The van der Waals surface area contributed by atoms with Crippen LogP contribution in [0.25, 0.3) is 16.2 Å². The number of fused-ring (bicyclic) bond motifs is 1. The number of imidazole rings is 1. The molecule has 140 valence electrons. The number of nitrogens with zero attached hydrogens (tertiary/aromatic N) is 4. The van der Waals surface area contributed by atoms with E-state index >= 15 is 0 Å². The zero-order valence-electron chi connectivity index (χ0n) is 13.9. The van der Waals surface area contributed by atoms with Crippen LogP contribution in [-0.2, 0) is 0 Å². The summed E-state index contributed by atoms with van der Waals surface area (Å²) < 4.78 is 44.2. The van der Waals surface area contributed by atoms with E-state index in [1.165, 1.54) is 28.7 Å². The maximum atomic E-state index is 14.3. The molecule has 0 unspecified atom stereocenters. The molecule has 3 aromatic rings. The lowest BCUT2D eigenvalue weighted by Gasteiger charge is -2.10. The average molecular weight is 403 g/mol. The Kier molecular flexibility index (Phi) is 5.51. The standard InChI is InChI=1S/C14H12F3N5S2.CH4O/c1-14(2-3-14)21-24-7-4-8-10(18-6-22(8)9(15)5-7)12-19-20-13(23-12)11(16)17;1-2/h4-6,11,21H,2-3H2,1H3;2H,1H3. The summed E-state index contributed by atoms with van der Waals surface area (Å²) in [5.74, 6) is -0.477. The molecule has 0 saturated heterocycles. The lowest BCUT2D eigenvalue weighted by Crippen LogP contribution is -2.19. The molecule has 1 aliphatic carbocycles. The number of halogens is 3. The number of pyridine rings is 1. The first-order chi connectivity index (χ1) is 12.5. The van der Waals surface area contributed by atoms with Crippen molar-refractivity contribution in [1.82, 2.24) is 24.3 Å². The fourth-order valence-electron chi connectivity index (χ4n) is 2.14. The van der Waals surface area contributed by atoms with Gasteiger partial charge < -0.3 is 5.11 Å². The molecule has 4 rings (SSSR count). The topological polar surface area (TPSA) is 75.3 Å². The number of nitrogens with one attached hydrogen (secondary N) is 1. The van der Waals surface area contributed by atoms with Gasteiger partial charge in [0.1, 0.15) is 12.0 Å². The molecule has 0 aliphatic heterocycles. The highest BCUT2D eigenvalue weighted by Gasteiger charge is 2.37. The zero-order valence-corrected chi connectivity index (χ0v) is 15.5. The molecule has 2 N–H and O–H groups in total. The van der Waals surface area contributed by atoms with E-state index in [-0.39, 0.29) is 15.6 Å². The molecule has 3 aromatic heterocycles. The molecule has 0 aromatic carbocycles. The highest BCUT2D eigenvalue weighted by molar-refractivity contribution is 7.97. The number of hydrogen-bond donors (Lipinski definition) is 2. The minimum Gasteiger partial charge on any atom is -0.400 e. The van der Waals surface area contributed by atoms with Crippen LogP contribution >= 0.6 is 23.3 Å². The number of hydrogen-bond acceptors (Lipinski definition) is 7. The Balaban J connectivity index is 0.000000948. The third-order valence-corrected chi connectivity index (χ3v) is 5.82. The molecule has 26 heavy (non-hydrogen) atoms. The maximum Gasteiger partial charge on any atom is 0.291 e. The fraction of sp³-hybridized carbons (Fsp3) is 0.400. The summed E-state index contributed by atoms with van der Waals surface area (Å²) in [6.07, 6.45) is 0.803. The third kappa shape index (κ3) is 3.85. The largest absolute Gasteiger partial charge is 0.400 e. The van der Waals surface area contributed by atoms with Crippen LogP contribution in [0.15, 0.2) is 23.4 Å². The summed E-state index contributed by atoms with van der Waals surface area (Å²) in [4.78, 5) is 4.81. The Morgan fingerprint density at radius 2 is 2.04 bits per heavy atom. The molecule has 1 aliphatic rings. The first-order valence-electron chi connectivity index (χ1n) is 7.62. The van der Waals surface area contributed by atoms with Crippen molar-refractivity contribution >= 4 is 28.8 Å². The number of aliphatic hydroxyl groups excluding tert-OH is 1. The van der Waals surface area contributed by atoms with Crippen molar-refractivity contribution in [3.8, 4) is 10.7 Å². The Morgan fingerprint density at radius 3 is 2.65 bits per heavy atom. The predicted molar refractivity (Wildman–Crippen MR) is 93.8 cm³/mol. The van der Waals surface area contributed by atoms with Gasteiger partial charge in [-0.05, 0) is 37.8 Å². The number of aliphatic hydroxyl groups is 1. The molecule has 6 nitrogen and oxygen atoms in total. The van der Waals surface area contributed by atoms with Crippen molar-refractivity contribution in [3.05, 3.63) is 29.4 Å². The van der Waals surface area contributed by atoms with Crippen molar-refractivity contribution in [3.63, 3.8) is 0 Å². The van der Waals surface area contributed by atoms with Crippen LogP contribution in [-0.4, -0.2) is 37.3 Å². The Labute approximate surface area is 155 Å². The quantitative estimate of drug-likeness (QED) is 0.500. The van der Waals surface area contributed by atoms with E-state index in [0.29, 0.717) is 16.1 Å². The normalized spacial score (nSPS) is 15.2. The molecule has 0 bridgehead atoms. The lowest BCUT2D eigenvalue weighted by atomic mass is 10.3. The highest BCUT2D eigenvalue weighted by Crippen LogP contribution is 2.38. The molecule has 3 heterocycles. The van der Waals surface area contributed by atoms with Crippen molar-refractivity contribution in [1.29, 1.82) is 0 Å². The second-order valence-corrected chi connectivity index (χ2v) is 7.76. The molecular weight excluding hydrogens is 387 g/mol. The van der Waals surface area contributed by atoms with Gasteiger partial charge in [-0.25, -0.2) is 13.8 Å². The minimum atomic E-state index is -2.68. The van der Waals surface area contributed by atoms with E-state index in [2.05, 4.69) is 26.8 Å². The van der Waals surface area contributed by atoms with Gasteiger partial charge in [-0.2, -0.15) is 4.39 Å². The molecule has 0 amide bonds. The van der Waals surface area contributed by atoms with Crippen molar-refractivity contribution in [2.45, 2.75) is 36.6 Å². The smallest absolute Gasteiger partial charge is 0.291 e. The van der Waals surface area contributed by atoms with Gasteiger partial charge in [0.15, 0.2) is 10.0 Å². The number of alkyl halides is 2. The predicted octanol–water partition coefficient (Wildman–Crippen LogP) is 3.69. The Hall–Kier alpha value is -1.69. The summed E-state index contributed by atoms with van der Waals surface area (Å²) in [5, 5.41) is 14.1. The number of rotatable bonds is 5. The molecule has 11 heteroatoms. The van der Waals surface area contributed by atoms with Crippen LogP contribution in [0.5, 0.6) is 0 Å². The fourth-order valence-corrected chi connectivity index (χ4v) is 3.74. The third-order valence-electron chi connectivity index (χ3n) is 3.82. The van der Waals surface area contributed by atoms with Gasteiger partial charge in [0.2, 0.25) is 5.95 Å². The molecule has 0 radical (unpaired) electrons. The average Bonchev–Trinajstić information content (AvgIpc) is 3.04. The maximum absolute atomic E-state index is 14.3. The molecule has 1 saturated carbocycles. The van der Waals surface area contributed by atoms with Crippen LogP contribution in [0.1, 0.15) is 31.2 Å². The molecule has 1 fully saturated rings. The zero-order chi connectivity index (χ0) is 18.9. The van der Waals surface area contributed by atoms with Gasteiger partial charge >= 0.3 is 0 Å². The van der Waals surface area contributed by atoms with E-state index < -0.39 is 12.4 Å². The van der Waals surface area contributed by atoms with E-state index in [4.69, 9.17) is 5.11 Å². The van der Waals surface area contributed by atoms with Crippen molar-refractivity contribution in [2.24, 2.45) is 0 Å². The minimum absolute atomic E-state index is 0.0989. The molecule has 0 atom stereocenters. The second-order valence-electron chi connectivity index (χ2n) is 5.87. The van der Waals surface area contributed by atoms with Gasteiger partial charge in [-0.1, -0.05) is 11.3 Å². The monoisotopic (exact) mass is 403 g/mol. The van der Waals surface area contributed by atoms with Crippen molar-refractivity contribution in [2.75, 3.05) is 7.11 Å². The summed E-state index contributed by atoms with van der Waals surface area (Å²) in [7, 11) is 1.00. The van der Waals surface area contributed by atoms with Crippen LogP contribution in [0, 0.1) is 5.95 Å². The van der Waals surface area contributed by atoms with Gasteiger partial charge in [0.05, 0.1) is 5.52 Å². The van der Waals surface area contributed by atoms with E-state index in [1.54, 1.807) is 6.07 Å². The second kappa shape index (κ2) is 7.51. The van der Waals surface area contributed by atoms with E-state index in [1.807, 2.05) is 0 Å². The summed E-state index contributed by atoms with van der Waals surface area (Å²) in [6, 6.07) is 3.17. The molecule has 0 spiro atoms. The van der Waals surface area contributed by atoms with Gasteiger partial charge in [-0.15, -0.1) is 10.2 Å². The van der Waals surface area contributed by atoms with Gasteiger partial charge in [0.25, 0.3) is 6.43 Å². The number of aromatic nitrogens is 4. The molecular formula is C15H16F3N5OS2. The first-order valence-corrected chi connectivity index (χ1v) is 9.26. The van der Waals surface area contributed by atoms with E-state index in [9.17, 15) is 13.2 Å². The van der Waals surface area contributed by atoms with E-state index in [0.717, 1.165) is 31.3 Å². The van der Waals surface area contributed by atoms with Crippen LogP contribution in [0.3, 0.4) is 0 Å². The van der Waals surface area contributed by atoms with Gasteiger partial charge in [0, 0.05) is 23.6 Å². The summed E-state index contributed by atoms with van der Waals surface area (Å²) in [5.41, 5.74) is 0.914. The Morgan fingerprint density at radius 1 is 1.31 bits per heavy atom. The lowest BCUT2D eigenvalue weighted by molar-refractivity contribution is 0.150. The highest BCUT2D eigenvalue weighted by atomic mass is 32.2. The SMILES string of the molecule is CC1(NSc2cc(F)n3cnc(-c4nnc(C(F)F)s4)c3c2)CC1.CO. The van der Waals surface area contributed by atoms with Crippen LogP contribution in [0.4, 0.5) is 13.2 Å². The summed E-state index contributed by atoms with van der Waals surface area (Å²) >= 11 is 2.11. The van der Waals surface area contributed by atoms with Crippen LogP contribution < -0.4 is 4.72 Å². The van der Waals surface area contributed by atoms with Gasteiger partial charge in [-0.3, -0.25) is 9.12 Å². The first kappa shape index (κ1) is 19.1. The Bertz CT molecular complexity index is 910. The van der Waals surface area contributed by atoms with Crippen LogP contribution in [0.2, 0.25) is 0 Å². The summed E-state index contributed by atoms with van der Waals surface area (Å²) in [6.45, 7) is 2.10. The van der Waals surface area contributed by atoms with Crippen molar-refractivity contribution < 1.29 is 18.3 Å².